The van der Waals surface area contributed by atoms with Crippen molar-refractivity contribution < 1.29 is 38.2 Å². The van der Waals surface area contributed by atoms with Gasteiger partial charge in [-0.1, -0.05) is 36.4 Å². The number of carbonyl (C=O) groups excluding carboxylic acids is 2. The van der Waals surface area contributed by atoms with E-state index < -0.39 is 44.0 Å². The van der Waals surface area contributed by atoms with Crippen LogP contribution in [-0.4, -0.2) is 66.6 Å². The van der Waals surface area contributed by atoms with Crippen molar-refractivity contribution in [1.29, 1.82) is 0 Å². The van der Waals surface area contributed by atoms with Crippen LogP contribution < -0.4 is 5.32 Å². The maximum atomic E-state index is 12.9. The van der Waals surface area contributed by atoms with Crippen molar-refractivity contribution in [2.75, 3.05) is 12.4 Å². The number of imidazole rings is 1. The molecule has 0 spiro atoms. The number of anilines is 1. The second-order valence-corrected chi connectivity index (χ2v) is 10.2. The molecule has 0 aliphatic carbocycles. The molecule has 40 heavy (non-hydrogen) atoms. The van der Waals surface area contributed by atoms with Crippen LogP contribution in [0.2, 0.25) is 0 Å². The van der Waals surface area contributed by atoms with E-state index in [0.717, 1.165) is 6.08 Å². The Morgan fingerprint density at radius 2 is 1.68 bits per heavy atom. The van der Waals surface area contributed by atoms with Crippen LogP contribution in [0.15, 0.2) is 85.2 Å². The maximum Gasteiger partial charge on any atom is 0.348 e. The lowest BCUT2D eigenvalue weighted by atomic mass is 10.1. The molecule has 14 heteroatoms. The van der Waals surface area contributed by atoms with Crippen LogP contribution in [0.1, 0.15) is 26.9 Å². The van der Waals surface area contributed by atoms with Gasteiger partial charge in [0.05, 0.1) is 11.9 Å². The molecule has 4 atom stereocenters. The average molecular weight is 565 g/mol. The Kier molecular flexibility index (Phi) is 7.83. The highest BCUT2D eigenvalue weighted by Crippen LogP contribution is 2.40. The van der Waals surface area contributed by atoms with Gasteiger partial charge in [0.2, 0.25) is 0 Å². The Morgan fingerprint density at radius 1 is 1.00 bits per heavy atom. The van der Waals surface area contributed by atoms with Gasteiger partial charge in [0.25, 0.3) is 5.91 Å². The number of rotatable bonds is 8. The van der Waals surface area contributed by atoms with Gasteiger partial charge in [-0.3, -0.25) is 13.9 Å². The normalized spacial score (nSPS) is 21.1. The molecule has 1 aliphatic heterocycles. The van der Waals surface area contributed by atoms with Crippen LogP contribution in [0.3, 0.4) is 0 Å². The molecule has 206 valence electrons. The van der Waals surface area contributed by atoms with Gasteiger partial charge in [-0.2, -0.15) is 0 Å². The number of methoxy groups -OCH3 is 1. The number of ether oxygens (including phenoxy) is 3. The molecule has 0 radical (unpaired) electrons. The summed E-state index contributed by atoms with van der Waals surface area (Å²) in [5, 5.41) is 2.72. The average Bonchev–Trinajstić information content (AvgIpc) is 3.54. The molecular weight excluding hydrogens is 541 g/mol. The Labute approximate surface area is 227 Å². The van der Waals surface area contributed by atoms with Crippen molar-refractivity contribution in [3.63, 3.8) is 0 Å². The first kappa shape index (κ1) is 27.3. The summed E-state index contributed by atoms with van der Waals surface area (Å²) in [4.78, 5) is 57.2. The third-order valence-electron chi connectivity index (χ3n) is 6.12. The molecule has 0 bridgehead atoms. The number of nitrogens with zero attached hydrogens (tertiary/aromatic N) is 4. The predicted molar refractivity (Wildman–Crippen MR) is 141 cm³/mol. The monoisotopic (exact) mass is 565 g/mol. The molecule has 1 fully saturated rings. The van der Waals surface area contributed by atoms with Gasteiger partial charge in [-0.15, -0.1) is 0 Å². The second-order valence-electron chi connectivity index (χ2n) is 8.72. The highest BCUT2D eigenvalue weighted by Gasteiger charge is 2.48. The van der Waals surface area contributed by atoms with E-state index in [4.69, 9.17) is 14.2 Å². The first-order chi connectivity index (χ1) is 19.2. The molecule has 5 rings (SSSR count). The third kappa shape index (κ3) is 5.83. The fraction of sp³-hybridized carbons (Fsp3) is 0.192. The Bertz CT molecular complexity index is 1590. The summed E-state index contributed by atoms with van der Waals surface area (Å²) >= 11 is 0. The van der Waals surface area contributed by atoms with E-state index >= 15 is 0 Å². The number of esters is 1. The summed E-state index contributed by atoms with van der Waals surface area (Å²) in [6.45, 7) is 0. The number of carbonyl (C=O) groups is 2. The van der Waals surface area contributed by atoms with Crippen molar-refractivity contribution in [1.82, 2.24) is 19.5 Å². The summed E-state index contributed by atoms with van der Waals surface area (Å²) < 4.78 is 30.6. The number of hydrogen-bond donors (Lipinski definition) is 3. The minimum absolute atomic E-state index is 0.162. The van der Waals surface area contributed by atoms with Gasteiger partial charge in [-0.25, -0.2) is 19.7 Å². The van der Waals surface area contributed by atoms with Gasteiger partial charge < -0.3 is 29.3 Å². The first-order valence-corrected chi connectivity index (χ1v) is 13.7. The highest BCUT2D eigenvalue weighted by atomic mass is 31.2. The van der Waals surface area contributed by atoms with E-state index in [1.807, 2.05) is 0 Å². The predicted octanol–water partition coefficient (Wildman–Crippen LogP) is 2.91. The molecule has 1 amide bonds. The summed E-state index contributed by atoms with van der Waals surface area (Å²) in [6.07, 6.45) is -0.324. The molecule has 2 aromatic carbocycles. The minimum Gasteiger partial charge on any atom is -0.453 e. The van der Waals surface area contributed by atoms with Crippen LogP contribution in [0.4, 0.5) is 5.82 Å². The standard InChI is InChI=1S/C26H24N5O8P/c1-37-21-20(39-26(33)17-10-6-3-7-11-17)18(12-13-40(34,35)36)38-25(21)31-15-29-19-22(27-14-28-23(19)31)30-24(32)16-8-4-2-5-9-16/h2-15,18,20-21,25H,1H3,(H2,34,35,36)(H,27,28,30,32)/b13-12+/t18-,20-,21-,25-/m1/s1. The van der Waals surface area contributed by atoms with E-state index in [0.29, 0.717) is 11.4 Å². The molecule has 0 unspecified atom stereocenters. The zero-order valence-electron chi connectivity index (χ0n) is 21.0. The topological polar surface area (TPSA) is 175 Å². The van der Waals surface area contributed by atoms with Crippen molar-refractivity contribution in [2.24, 2.45) is 0 Å². The lowest BCUT2D eigenvalue weighted by molar-refractivity contribution is -0.0489. The van der Waals surface area contributed by atoms with Crippen LogP contribution in [0.5, 0.6) is 0 Å². The number of amides is 1. The zero-order valence-corrected chi connectivity index (χ0v) is 21.9. The fourth-order valence-corrected chi connectivity index (χ4v) is 4.68. The molecule has 4 aromatic rings. The Hall–Kier alpha value is -4.26. The van der Waals surface area contributed by atoms with Crippen LogP contribution in [0, 0.1) is 0 Å². The van der Waals surface area contributed by atoms with Gasteiger partial charge in [0, 0.05) is 18.5 Å². The molecule has 3 heterocycles. The summed E-state index contributed by atoms with van der Waals surface area (Å²) in [6, 6.07) is 16.8. The minimum atomic E-state index is -4.55. The molecular formula is C26H24N5O8P. The molecule has 0 saturated carbocycles. The number of benzene rings is 2. The molecule has 13 nitrogen and oxygen atoms in total. The molecule has 1 aliphatic rings. The van der Waals surface area contributed by atoms with Gasteiger partial charge in [-0.05, 0) is 30.3 Å². The van der Waals surface area contributed by atoms with Crippen molar-refractivity contribution >= 4 is 36.5 Å². The van der Waals surface area contributed by atoms with Gasteiger partial charge in [0.15, 0.2) is 29.3 Å². The smallest absolute Gasteiger partial charge is 0.348 e. The van der Waals surface area contributed by atoms with E-state index in [1.54, 1.807) is 60.7 Å². The Morgan fingerprint density at radius 3 is 2.33 bits per heavy atom. The summed E-state index contributed by atoms with van der Waals surface area (Å²) in [5.41, 5.74) is 1.24. The largest absolute Gasteiger partial charge is 0.453 e. The van der Waals surface area contributed by atoms with Crippen molar-refractivity contribution in [3.8, 4) is 0 Å². The fourth-order valence-electron chi connectivity index (χ4n) is 4.29. The zero-order chi connectivity index (χ0) is 28.3. The number of fused-ring (bicyclic) bond motifs is 1. The van der Waals surface area contributed by atoms with E-state index in [2.05, 4.69) is 20.3 Å². The van der Waals surface area contributed by atoms with Crippen LogP contribution >= 0.6 is 7.60 Å². The van der Waals surface area contributed by atoms with Crippen LogP contribution in [0.25, 0.3) is 11.2 Å². The SMILES string of the molecule is CO[C@@H]1[C@H](OC(=O)c2ccccc2)[C@@H](/C=C/P(=O)(O)O)O[C@H]1n1cnc2c(NC(=O)c3ccccc3)ncnc21. The molecule has 2 aromatic heterocycles. The highest BCUT2D eigenvalue weighted by molar-refractivity contribution is 7.55. The van der Waals surface area contributed by atoms with Gasteiger partial charge >= 0.3 is 13.6 Å². The lowest BCUT2D eigenvalue weighted by Gasteiger charge is -2.23. The lowest BCUT2D eigenvalue weighted by Crippen LogP contribution is -2.37. The quantitative estimate of drug-likeness (QED) is 0.212. The number of hydrogen-bond acceptors (Lipinski definition) is 9. The Balaban J connectivity index is 1.47. The van der Waals surface area contributed by atoms with Crippen molar-refractivity contribution in [2.45, 2.75) is 24.5 Å². The third-order valence-corrected chi connectivity index (χ3v) is 6.68. The summed E-state index contributed by atoms with van der Waals surface area (Å²) in [7, 11) is -3.16. The van der Waals surface area contributed by atoms with Crippen molar-refractivity contribution in [3.05, 3.63) is 96.3 Å². The molecule has 1 saturated heterocycles. The molecule has 3 N–H and O–H groups in total. The maximum absolute atomic E-state index is 12.9. The van der Waals surface area contributed by atoms with E-state index in [-0.39, 0.29) is 22.5 Å². The summed E-state index contributed by atoms with van der Waals surface area (Å²) in [5.74, 6) is -0.219. The second kappa shape index (κ2) is 11.5. The number of aromatic nitrogens is 4. The van der Waals surface area contributed by atoms with Gasteiger partial charge in [0.1, 0.15) is 18.5 Å². The first-order valence-electron chi connectivity index (χ1n) is 12.0. The van der Waals surface area contributed by atoms with E-state index in [1.165, 1.54) is 24.3 Å². The van der Waals surface area contributed by atoms with E-state index in [9.17, 15) is 23.9 Å². The van der Waals surface area contributed by atoms with Crippen LogP contribution in [-0.2, 0) is 18.8 Å². The number of nitrogens with one attached hydrogen (secondary N) is 1.